The van der Waals surface area contributed by atoms with Crippen LogP contribution < -0.4 is 10.2 Å². The van der Waals surface area contributed by atoms with Crippen LogP contribution >= 0.6 is 0 Å². The molecule has 1 fully saturated rings. The standard InChI is InChI=1S/C18H22FN3O2/c1-13-8-15(19)2-3-17(13)20-11-16-9-14(12-23)10-18(21-16)22-4-6-24-7-5-22/h2-3,8-10,20,23H,4-7,11-12H2,1H3. The zero-order chi connectivity index (χ0) is 16.9. The van der Waals surface area contributed by atoms with Crippen LogP contribution in [0.5, 0.6) is 0 Å². The van der Waals surface area contributed by atoms with E-state index >= 15 is 0 Å². The summed E-state index contributed by atoms with van der Waals surface area (Å²) < 4.78 is 18.6. The van der Waals surface area contributed by atoms with E-state index < -0.39 is 0 Å². The van der Waals surface area contributed by atoms with Gasteiger partial charge in [-0.15, -0.1) is 0 Å². The summed E-state index contributed by atoms with van der Waals surface area (Å²) in [5, 5.41) is 12.8. The first-order chi connectivity index (χ1) is 11.7. The summed E-state index contributed by atoms with van der Waals surface area (Å²) >= 11 is 0. The van der Waals surface area contributed by atoms with Crippen LogP contribution in [0.2, 0.25) is 0 Å². The summed E-state index contributed by atoms with van der Waals surface area (Å²) in [7, 11) is 0. The number of morpholine rings is 1. The molecule has 1 aromatic heterocycles. The number of aliphatic hydroxyl groups is 1. The number of benzene rings is 1. The molecule has 1 aliphatic heterocycles. The second-order valence-electron chi connectivity index (χ2n) is 5.90. The number of hydrogen-bond acceptors (Lipinski definition) is 5. The molecule has 0 atom stereocenters. The average Bonchev–Trinajstić information content (AvgIpc) is 2.61. The first-order valence-corrected chi connectivity index (χ1v) is 8.09. The van der Waals surface area contributed by atoms with Gasteiger partial charge in [0.15, 0.2) is 0 Å². The Hall–Kier alpha value is -2.18. The fourth-order valence-corrected chi connectivity index (χ4v) is 2.78. The van der Waals surface area contributed by atoms with E-state index in [9.17, 15) is 9.50 Å². The Kier molecular flexibility index (Phi) is 5.27. The maximum absolute atomic E-state index is 13.2. The maximum Gasteiger partial charge on any atom is 0.129 e. The third-order valence-corrected chi connectivity index (χ3v) is 4.09. The zero-order valence-corrected chi connectivity index (χ0v) is 13.8. The molecule has 5 nitrogen and oxygen atoms in total. The van der Waals surface area contributed by atoms with Crippen molar-refractivity contribution in [3.05, 3.63) is 53.0 Å². The number of aliphatic hydroxyl groups excluding tert-OH is 1. The van der Waals surface area contributed by atoms with Gasteiger partial charge in [0.1, 0.15) is 11.6 Å². The molecule has 1 saturated heterocycles. The van der Waals surface area contributed by atoms with Crippen LogP contribution in [-0.2, 0) is 17.9 Å². The Labute approximate surface area is 141 Å². The van der Waals surface area contributed by atoms with E-state index in [2.05, 4.69) is 10.2 Å². The minimum Gasteiger partial charge on any atom is -0.392 e. The normalized spacial score (nSPS) is 14.7. The molecule has 0 unspecified atom stereocenters. The summed E-state index contributed by atoms with van der Waals surface area (Å²) in [6.45, 7) is 5.32. The highest BCUT2D eigenvalue weighted by atomic mass is 19.1. The first-order valence-electron chi connectivity index (χ1n) is 8.09. The predicted octanol–water partition coefficient (Wildman–Crippen LogP) is 2.47. The molecule has 1 aliphatic rings. The van der Waals surface area contributed by atoms with E-state index in [0.29, 0.717) is 19.8 Å². The summed E-state index contributed by atoms with van der Waals surface area (Å²) in [6.07, 6.45) is 0. The van der Waals surface area contributed by atoms with Crippen molar-refractivity contribution >= 4 is 11.5 Å². The van der Waals surface area contributed by atoms with E-state index in [1.165, 1.54) is 12.1 Å². The lowest BCUT2D eigenvalue weighted by Gasteiger charge is -2.28. The summed E-state index contributed by atoms with van der Waals surface area (Å²) in [5.41, 5.74) is 3.40. The van der Waals surface area contributed by atoms with Crippen molar-refractivity contribution < 1.29 is 14.2 Å². The van der Waals surface area contributed by atoms with Crippen molar-refractivity contribution in [3.8, 4) is 0 Å². The number of halogens is 1. The van der Waals surface area contributed by atoms with E-state index in [-0.39, 0.29) is 12.4 Å². The van der Waals surface area contributed by atoms with Gasteiger partial charge >= 0.3 is 0 Å². The van der Waals surface area contributed by atoms with E-state index in [4.69, 9.17) is 9.72 Å². The highest BCUT2D eigenvalue weighted by Gasteiger charge is 2.14. The molecule has 0 aliphatic carbocycles. The molecule has 24 heavy (non-hydrogen) atoms. The SMILES string of the molecule is Cc1cc(F)ccc1NCc1cc(CO)cc(N2CCOCC2)n1. The number of hydrogen-bond donors (Lipinski definition) is 2. The molecule has 128 valence electrons. The average molecular weight is 331 g/mol. The minimum atomic E-state index is -0.243. The number of rotatable bonds is 5. The smallest absolute Gasteiger partial charge is 0.129 e. The molecule has 2 heterocycles. The molecule has 0 amide bonds. The van der Waals surface area contributed by atoms with Crippen molar-refractivity contribution in [2.75, 3.05) is 36.5 Å². The van der Waals surface area contributed by atoms with Gasteiger partial charge < -0.3 is 20.1 Å². The molecule has 0 saturated carbocycles. The third-order valence-electron chi connectivity index (χ3n) is 4.09. The maximum atomic E-state index is 13.2. The number of aryl methyl sites for hydroxylation is 1. The second-order valence-corrected chi connectivity index (χ2v) is 5.90. The van der Waals surface area contributed by atoms with Crippen LogP contribution in [0.3, 0.4) is 0 Å². The predicted molar refractivity (Wildman–Crippen MR) is 91.7 cm³/mol. The molecule has 1 aromatic carbocycles. The van der Waals surface area contributed by atoms with Crippen LogP contribution in [0, 0.1) is 12.7 Å². The number of aromatic nitrogens is 1. The van der Waals surface area contributed by atoms with Gasteiger partial charge in [0, 0.05) is 18.8 Å². The molecule has 0 bridgehead atoms. The lowest BCUT2D eigenvalue weighted by atomic mass is 10.2. The number of ether oxygens (including phenoxy) is 1. The third kappa shape index (κ3) is 4.01. The largest absolute Gasteiger partial charge is 0.392 e. The summed E-state index contributed by atoms with van der Waals surface area (Å²) in [5.74, 6) is 0.616. The van der Waals surface area contributed by atoms with E-state index in [1.807, 2.05) is 19.1 Å². The van der Waals surface area contributed by atoms with Crippen LogP contribution in [0.1, 0.15) is 16.8 Å². The zero-order valence-electron chi connectivity index (χ0n) is 13.8. The van der Waals surface area contributed by atoms with Crippen LogP contribution in [0.25, 0.3) is 0 Å². The van der Waals surface area contributed by atoms with Crippen molar-refractivity contribution in [1.29, 1.82) is 0 Å². The van der Waals surface area contributed by atoms with E-state index in [1.54, 1.807) is 6.07 Å². The molecular formula is C18H22FN3O2. The summed E-state index contributed by atoms with van der Waals surface area (Å²) in [6, 6.07) is 8.46. The van der Waals surface area contributed by atoms with Crippen molar-refractivity contribution in [2.24, 2.45) is 0 Å². The molecule has 3 rings (SSSR count). The van der Waals surface area contributed by atoms with Gasteiger partial charge in [-0.05, 0) is 48.4 Å². The molecular weight excluding hydrogens is 309 g/mol. The monoisotopic (exact) mass is 331 g/mol. The fourth-order valence-electron chi connectivity index (χ4n) is 2.78. The van der Waals surface area contributed by atoms with Gasteiger partial charge in [0.05, 0.1) is 32.1 Å². The van der Waals surface area contributed by atoms with Crippen molar-refractivity contribution in [3.63, 3.8) is 0 Å². The number of nitrogens with one attached hydrogen (secondary N) is 1. The highest BCUT2D eigenvalue weighted by Crippen LogP contribution is 2.20. The quantitative estimate of drug-likeness (QED) is 0.881. The summed E-state index contributed by atoms with van der Waals surface area (Å²) in [4.78, 5) is 6.85. The molecule has 0 spiro atoms. The van der Waals surface area contributed by atoms with Crippen molar-refractivity contribution in [1.82, 2.24) is 4.98 Å². The Bertz CT molecular complexity index is 703. The minimum absolute atomic E-state index is 0.0254. The highest BCUT2D eigenvalue weighted by molar-refractivity contribution is 5.51. The van der Waals surface area contributed by atoms with Gasteiger partial charge in [0.2, 0.25) is 0 Å². The topological polar surface area (TPSA) is 57.6 Å². The fraction of sp³-hybridized carbons (Fsp3) is 0.389. The van der Waals surface area contributed by atoms with E-state index in [0.717, 1.165) is 41.4 Å². The molecule has 6 heteroatoms. The number of nitrogens with zero attached hydrogens (tertiary/aromatic N) is 2. The Morgan fingerprint density at radius 3 is 2.75 bits per heavy atom. The van der Waals surface area contributed by atoms with Gasteiger partial charge in [-0.25, -0.2) is 9.37 Å². The van der Waals surface area contributed by atoms with Gasteiger partial charge in [0.25, 0.3) is 0 Å². The Balaban J connectivity index is 1.76. The lowest BCUT2D eigenvalue weighted by molar-refractivity contribution is 0.122. The van der Waals surface area contributed by atoms with Gasteiger partial charge in [-0.1, -0.05) is 0 Å². The second kappa shape index (κ2) is 7.59. The Morgan fingerprint density at radius 2 is 2.04 bits per heavy atom. The van der Waals surface area contributed by atoms with Gasteiger partial charge in [-0.2, -0.15) is 0 Å². The van der Waals surface area contributed by atoms with Crippen molar-refractivity contribution in [2.45, 2.75) is 20.1 Å². The first kappa shape index (κ1) is 16.7. The van der Waals surface area contributed by atoms with Crippen LogP contribution in [0.15, 0.2) is 30.3 Å². The van der Waals surface area contributed by atoms with Crippen LogP contribution in [0.4, 0.5) is 15.9 Å². The number of pyridine rings is 1. The molecule has 2 N–H and O–H groups in total. The lowest BCUT2D eigenvalue weighted by Crippen LogP contribution is -2.37. The molecule has 2 aromatic rings. The van der Waals surface area contributed by atoms with Gasteiger partial charge in [-0.3, -0.25) is 0 Å². The Morgan fingerprint density at radius 1 is 1.25 bits per heavy atom. The van der Waals surface area contributed by atoms with Crippen LogP contribution in [-0.4, -0.2) is 36.4 Å². The number of anilines is 2. The molecule has 0 radical (unpaired) electrons.